The number of methoxy groups -OCH3 is 2. The Bertz CT molecular complexity index is 1600. The van der Waals surface area contributed by atoms with E-state index < -0.39 is 23.7 Å². The number of imide groups is 1. The molecule has 0 radical (unpaired) electrons. The van der Waals surface area contributed by atoms with Gasteiger partial charge >= 0.3 is 0 Å². The summed E-state index contributed by atoms with van der Waals surface area (Å²) < 4.78 is 11.3. The van der Waals surface area contributed by atoms with Crippen LogP contribution in [-0.2, 0) is 25.6 Å². The van der Waals surface area contributed by atoms with E-state index in [0.29, 0.717) is 35.1 Å². The van der Waals surface area contributed by atoms with E-state index in [4.69, 9.17) is 9.47 Å². The smallest absolute Gasteiger partial charge is 0.233 e. The first kappa shape index (κ1) is 27.5. The van der Waals surface area contributed by atoms with Crippen molar-refractivity contribution in [1.82, 2.24) is 4.90 Å². The predicted molar refractivity (Wildman–Crippen MR) is 151 cm³/mol. The Morgan fingerprint density at radius 3 is 2.21 bits per heavy atom. The SMILES string of the molecule is COc1cc(O)cc(OC)c1[C@H]1C2=CC[C@@H]3C(=O)N(CCc4ccc(O)cc4)C(=O)[C@@H]3[C@@H]2CC2=C1C(=O)C(C)=CC2=O. The molecule has 9 heteroatoms. The molecule has 9 nitrogen and oxygen atoms in total. The molecule has 0 aromatic heterocycles. The zero-order chi connectivity index (χ0) is 29.9. The normalized spacial score (nSPS) is 25.1. The van der Waals surface area contributed by atoms with Crippen molar-refractivity contribution in [3.63, 3.8) is 0 Å². The molecule has 1 saturated heterocycles. The Labute approximate surface area is 242 Å². The number of aromatic hydroxyl groups is 2. The zero-order valence-corrected chi connectivity index (χ0v) is 23.5. The second-order valence-electron chi connectivity index (χ2n) is 11.2. The third-order valence-corrected chi connectivity index (χ3v) is 9.03. The fraction of sp³-hybridized carbons (Fsp3) is 0.333. The van der Waals surface area contributed by atoms with Crippen LogP contribution in [0.1, 0.15) is 36.8 Å². The van der Waals surface area contributed by atoms with E-state index in [1.165, 1.54) is 37.3 Å². The number of Topliss-reactive ketones (excluding diaryl/α,β-unsaturated/α-hetero) is 1. The van der Waals surface area contributed by atoms with E-state index in [2.05, 4.69) is 0 Å². The fourth-order valence-electron chi connectivity index (χ4n) is 7.09. The molecule has 1 fully saturated rings. The minimum absolute atomic E-state index is 0.0883. The molecule has 6 rings (SSSR count). The van der Waals surface area contributed by atoms with Crippen LogP contribution in [0.3, 0.4) is 0 Å². The first-order valence-electron chi connectivity index (χ1n) is 13.9. The highest BCUT2D eigenvalue weighted by atomic mass is 16.5. The average Bonchev–Trinajstić information content (AvgIpc) is 3.23. The number of benzene rings is 2. The van der Waals surface area contributed by atoms with Crippen LogP contribution in [-0.4, -0.2) is 59.3 Å². The summed E-state index contributed by atoms with van der Waals surface area (Å²) in [5.41, 5.74) is 3.11. The van der Waals surface area contributed by atoms with E-state index in [-0.39, 0.29) is 59.3 Å². The summed E-state index contributed by atoms with van der Waals surface area (Å²) in [6.07, 6.45) is 4.20. The third kappa shape index (κ3) is 4.22. The molecule has 1 aliphatic heterocycles. The van der Waals surface area contributed by atoms with Crippen molar-refractivity contribution in [1.29, 1.82) is 0 Å². The lowest BCUT2D eigenvalue weighted by molar-refractivity contribution is -0.140. The van der Waals surface area contributed by atoms with Crippen LogP contribution in [0.5, 0.6) is 23.0 Å². The Morgan fingerprint density at radius 2 is 1.57 bits per heavy atom. The van der Waals surface area contributed by atoms with Crippen LogP contribution in [0.25, 0.3) is 0 Å². The van der Waals surface area contributed by atoms with Gasteiger partial charge in [-0.3, -0.25) is 24.1 Å². The number of likely N-dealkylation sites (tertiary alicyclic amines) is 1. The number of ketones is 2. The quantitative estimate of drug-likeness (QED) is 0.305. The molecule has 4 aliphatic rings. The Balaban J connectivity index is 1.44. The highest BCUT2D eigenvalue weighted by Crippen LogP contribution is 2.58. The van der Waals surface area contributed by atoms with Gasteiger partial charge < -0.3 is 19.7 Å². The molecule has 216 valence electrons. The largest absolute Gasteiger partial charge is 0.508 e. The van der Waals surface area contributed by atoms with Gasteiger partial charge in [-0.1, -0.05) is 23.8 Å². The minimum Gasteiger partial charge on any atom is -0.508 e. The molecule has 3 aliphatic carbocycles. The van der Waals surface area contributed by atoms with Crippen molar-refractivity contribution in [3.8, 4) is 23.0 Å². The van der Waals surface area contributed by atoms with Crippen molar-refractivity contribution in [2.24, 2.45) is 17.8 Å². The van der Waals surface area contributed by atoms with Crippen LogP contribution in [0.2, 0.25) is 0 Å². The third-order valence-electron chi connectivity index (χ3n) is 9.03. The summed E-state index contributed by atoms with van der Waals surface area (Å²) >= 11 is 0. The molecule has 42 heavy (non-hydrogen) atoms. The Kier molecular flexibility index (Phi) is 6.75. The van der Waals surface area contributed by atoms with Crippen LogP contribution < -0.4 is 9.47 Å². The van der Waals surface area contributed by atoms with Crippen molar-refractivity contribution in [2.75, 3.05) is 20.8 Å². The van der Waals surface area contributed by atoms with E-state index in [0.717, 1.165) is 11.1 Å². The number of fused-ring (bicyclic) bond motifs is 3. The maximum atomic E-state index is 13.9. The number of carbonyl (C=O) groups is 4. The monoisotopic (exact) mass is 569 g/mol. The fourth-order valence-corrected chi connectivity index (χ4v) is 7.09. The van der Waals surface area contributed by atoms with E-state index >= 15 is 0 Å². The summed E-state index contributed by atoms with van der Waals surface area (Å²) in [5, 5.41) is 19.9. The van der Waals surface area contributed by atoms with Gasteiger partial charge in [-0.05, 0) is 55.9 Å². The molecular formula is C33H31NO8. The van der Waals surface area contributed by atoms with Crippen LogP contribution in [0.4, 0.5) is 0 Å². The lowest BCUT2D eigenvalue weighted by Crippen LogP contribution is -2.40. The summed E-state index contributed by atoms with van der Waals surface area (Å²) in [6.45, 7) is 1.81. The molecule has 1 heterocycles. The minimum atomic E-state index is -0.765. The van der Waals surface area contributed by atoms with Gasteiger partial charge in [0.1, 0.15) is 23.0 Å². The predicted octanol–water partition coefficient (Wildman–Crippen LogP) is 3.79. The van der Waals surface area contributed by atoms with E-state index in [1.54, 1.807) is 31.2 Å². The van der Waals surface area contributed by atoms with E-state index in [1.807, 2.05) is 6.08 Å². The number of hydrogen-bond acceptors (Lipinski definition) is 8. The topological polar surface area (TPSA) is 130 Å². The molecule has 2 aromatic rings. The summed E-state index contributed by atoms with van der Waals surface area (Å²) in [6, 6.07) is 9.51. The Hall–Kier alpha value is -4.66. The maximum Gasteiger partial charge on any atom is 0.233 e. The number of amides is 2. The molecular weight excluding hydrogens is 538 g/mol. The second kappa shape index (κ2) is 10.3. The molecule has 0 spiro atoms. The second-order valence-corrected chi connectivity index (χ2v) is 11.2. The number of carbonyl (C=O) groups excluding carboxylic acids is 4. The molecule has 0 bridgehead atoms. The maximum absolute atomic E-state index is 13.9. The van der Waals surface area contributed by atoms with Crippen LogP contribution in [0, 0.1) is 17.8 Å². The number of nitrogens with zero attached hydrogens (tertiary/aromatic N) is 1. The number of allylic oxidation sites excluding steroid dienone is 6. The lowest BCUT2D eigenvalue weighted by Gasteiger charge is -2.42. The lowest BCUT2D eigenvalue weighted by atomic mass is 9.59. The van der Waals surface area contributed by atoms with Crippen LogP contribution in [0.15, 0.2) is 70.8 Å². The van der Waals surface area contributed by atoms with E-state index in [9.17, 15) is 29.4 Å². The first-order valence-corrected chi connectivity index (χ1v) is 13.9. The number of phenols is 2. The van der Waals surface area contributed by atoms with Gasteiger partial charge in [-0.2, -0.15) is 0 Å². The van der Waals surface area contributed by atoms with Gasteiger partial charge in [0.2, 0.25) is 11.8 Å². The molecule has 2 aromatic carbocycles. The van der Waals surface area contributed by atoms with Crippen molar-refractivity contribution >= 4 is 23.4 Å². The number of phenolic OH excluding ortho intramolecular Hbond substituents is 2. The molecule has 2 amide bonds. The van der Waals surface area contributed by atoms with Gasteiger partial charge in [-0.25, -0.2) is 0 Å². The number of ether oxygens (including phenoxy) is 2. The molecule has 2 N–H and O–H groups in total. The highest BCUT2D eigenvalue weighted by molar-refractivity contribution is 6.24. The molecule has 0 saturated carbocycles. The molecule has 4 atom stereocenters. The number of hydrogen-bond donors (Lipinski definition) is 2. The average molecular weight is 570 g/mol. The summed E-state index contributed by atoms with van der Waals surface area (Å²) in [5.74, 6) is -2.97. The standard InChI is InChI=1S/C33H31NO8/c1-16-12-24(37)23-15-22-20(28(29(23)31(16)38)30-25(41-2)13-19(36)14-26(30)42-3)8-9-21-27(22)33(40)34(32(21)39)11-10-17-4-6-18(35)7-5-17/h4-8,12-14,21-22,27-28,35-36H,9-11,15H2,1-3H3/t21-,22+,27-,28-/m0/s1. The van der Waals surface area contributed by atoms with Crippen molar-refractivity contribution in [2.45, 2.75) is 32.1 Å². The Morgan fingerprint density at radius 1 is 0.905 bits per heavy atom. The first-order chi connectivity index (χ1) is 20.1. The van der Waals surface area contributed by atoms with Gasteiger partial charge in [-0.15, -0.1) is 0 Å². The highest BCUT2D eigenvalue weighted by Gasteiger charge is 2.56. The zero-order valence-electron chi connectivity index (χ0n) is 23.5. The number of rotatable bonds is 6. The van der Waals surface area contributed by atoms with Crippen molar-refractivity contribution < 1.29 is 38.9 Å². The molecule has 0 unspecified atom stereocenters. The van der Waals surface area contributed by atoms with Gasteiger partial charge in [0.25, 0.3) is 0 Å². The summed E-state index contributed by atoms with van der Waals surface area (Å²) in [4.78, 5) is 55.9. The van der Waals surface area contributed by atoms with Crippen LogP contribution >= 0.6 is 0 Å². The van der Waals surface area contributed by atoms with Crippen molar-refractivity contribution in [3.05, 3.63) is 82.0 Å². The summed E-state index contributed by atoms with van der Waals surface area (Å²) in [7, 11) is 2.89. The van der Waals surface area contributed by atoms with Gasteiger partial charge in [0.05, 0.1) is 26.1 Å². The van der Waals surface area contributed by atoms with Gasteiger partial charge in [0.15, 0.2) is 11.6 Å². The van der Waals surface area contributed by atoms with Gasteiger partial charge in [0, 0.05) is 46.9 Å².